The van der Waals surface area contributed by atoms with E-state index in [0.717, 1.165) is 5.69 Å². The molecule has 6 amide bonds. The van der Waals surface area contributed by atoms with Crippen LogP contribution in [0.5, 0.6) is 5.75 Å². The molecule has 1 unspecified atom stereocenters. The summed E-state index contributed by atoms with van der Waals surface area (Å²) in [6.45, 7) is 3.02. The predicted octanol–water partition coefficient (Wildman–Crippen LogP) is 1.27. The minimum absolute atomic E-state index is 0.0299. The molecular formula is C45H54N8O10. The van der Waals surface area contributed by atoms with Crippen LogP contribution in [0, 0.1) is 0 Å². The number of carbonyl (C=O) groups is 8. The molecule has 3 aliphatic rings. The number of benzene rings is 2. The van der Waals surface area contributed by atoms with E-state index in [0.29, 0.717) is 12.0 Å². The molecule has 334 valence electrons. The first-order valence-electron chi connectivity index (χ1n) is 21.1. The number of ketones is 1. The van der Waals surface area contributed by atoms with Gasteiger partial charge in [-0.25, -0.2) is 9.78 Å². The van der Waals surface area contributed by atoms with Crippen molar-refractivity contribution in [2.45, 2.75) is 94.7 Å². The molecule has 0 saturated carbocycles. The maximum Gasteiger partial charge on any atom is 0.333 e. The van der Waals surface area contributed by atoms with Gasteiger partial charge >= 0.3 is 5.97 Å². The van der Waals surface area contributed by atoms with Gasteiger partial charge in [0.25, 0.3) is 5.91 Å². The Morgan fingerprint density at radius 3 is 2.24 bits per heavy atom. The van der Waals surface area contributed by atoms with Crippen molar-refractivity contribution in [1.82, 2.24) is 35.6 Å². The fourth-order valence-electron chi connectivity index (χ4n) is 8.20. The number of nitrogens with zero attached hydrogens (tertiary/aromatic N) is 5. The number of aromatic hydroxyl groups is 1. The van der Waals surface area contributed by atoms with Crippen molar-refractivity contribution >= 4 is 52.9 Å². The number of hydrogen-bond acceptors (Lipinski definition) is 12. The van der Waals surface area contributed by atoms with E-state index in [2.05, 4.69) is 20.9 Å². The van der Waals surface area contributed by atoms with E-state index in [1.165, 1.54) is 47.0 Å². The summed E-state index contributed by atoms with van der Waals surface area (Å²) in [5.41, 5.74) is 1.45. The van der Waals surface area contributed by atoms with Crippen LogP contribution in [0.4, 0.5) is 5.69 Å². The van der Waals surface area contributed by atoms with Gasteiger partial charge in [0.05, 0.1) is 0 Å². The minimum Gasteiger partial charge on any atom is -0.505 e. The van der Waals surface area contributed by atoms with Crippen LogP contribution in [0.1, 0.15) is 73.6 Å². The zero-order chi connectivity index (χ0) is 45.5. The standard InChI is InChI=1S/C45H54N8O10/c1-6-31-42(59)52-22-11-14-32(52)43(60)51(5)34(24-27-16-18-29(19-17-27)50(3)4)44(61)53-23-20-30(54)25-33(53)39(56)49-37(28-12-8-7-9-13-28)45(62)63-26(2)36(40(57)47-31)48-41(58)38-35(55)15-10-21-46-38/h7-10,12-13,15-19,21,26,31-34,36-37,55H,6,11,14,20,22-25H2,1-5H3,(H,47,57)(H,48,58)(H,49,56)/t26-,31-,32+,33?,34+,36+,37+/m1/s1. The second kappa shape index (κ2) is 19.9. The third-order valence-corrected chi connectivity index (χ3v) is 11.8. The molecular weight excluding hydrogens is 813 g/mol. The quantitative estimate of drug-likeness (QED) is 0.247. The highest BCUT2D eigenvalue weighted by atomic mass is 16.5. The van der Waals surface area contributed by atoms with Crippen LogP contribution in [0.25, 0.3) is 0 Å². The number of rotatable bonds is 7. The van der Waals surface area contributed by atoms with Gasteiger partial charge in [0.1, 0.15) is 47.8 Å². The molecule has 0 bridgehead atoms. The normalized spacial score (nSPS) is 25.4. The second-order valence-electron chi connectivity index (χ2n) is 16.2. The van der Waals surface area contributed by atoms with Gasteiger partial charge in [-0.1, -0.05) is 49.4 Å². The maximum atomic E-state index is 15.0. The fourth-order valence-corrected chi connectivity index (χ4v) is 8.20. The SMILES string of the molecule is CC[C@H]1NC(=O)[C@@H](NC(=O)c2ncccc2O)[C@@H](C)OC(=O)[C@H](c2ccccc2)NC(=O)C2CC(=O)CCN2C(=O)[C@H](Cc2ccc(N(C)C)cc2)N(C)C(=O)[C@@H]2CCCN2C1=O. The summed E-state index contributed by atoms with van der Waals surface area (Å²) in [6, 6.07) is 10.1. The van der Waals surface area contributed by atoms with Crippen LogP contribution in [0.3, 0.4) is 0 Å². The van der Waals surface area contributed by atoms with Crippen molar-refractivity contribution in [1.29, 1.82) is 0 Å². The first kappa shape index (κ1) is 45.7. The lowest BCUT2D eigenvalue weighted by molar-refractivity contribution is -0.156. The maximum absolute atomic E-state index is 15.0. The predicted molar refractivity (Wildman–Crippen MR) is 228 cm³/mol. The number of anilines is 1. The van der Waals surface area contributed by atoms with Crippen LogP contribution in [0.2, 0.25) is 0 Å². The summed E-state index contributed by atoms with van der Waals surface area (Å²) in [4.78, 5) is 123. The molecule has 0 radical (unpaired) electrons. The van der Waals surface area contributed by atoms with Crippen molar-refractivity contribution in [3.05, 3.63) is 89.7 Å². The summed E-state index contributed by atoms with van der Waals surface area (Å²) in [5.74, 6) is -6.33. The van der Waals surface area contributed by atoms with Crippen molar-refractivity contribution in [2.75, 3.05) is 39.1 Å². The average molecular weight is 867 g/mol. The van der Waals surface area contributed by atoms with Gasteiger partial charge < -0.3 is 45.4 Å². The summed E-state index contributed by atoms with van der Waals surface area (Å²) in [5, 5.41) is 18.2. The number of pyridine rings is 1. The molecule has 18 nitrogen and oxygen atoms in total. The lowest BCUT2D eigenvalue weighted by atomic mass is 9.95. The number of cyclic esters (lactones) is 1. The molecule has 18 heteroatoms. The number of carbonyl (C=O) groups excluding carboxylic acids is 8. The van der Waals surface area contributed by atoms with Gasteiger partial charge in [-0.2, -0.15) is 0 Å². The summed E-state index contributed by atoms with van der Waals surface area (Å²) in [7, 11) is 5.25. The van der Waals surface area contributed by atoms with Crippen molar-refractivity contribution in [3.63, 3.8) is 0 Å². The molecule has 63 heavy (non-hydrogen) atoms. The van der Waals surface area contributed by atoms with E-state index in [4.69, 9.17) is 4.74 Å². The van der Waals surface area contributed by atoms with Gasteiger partial charge in [0.2, 0.25) is 29.5 Å². The Hall–Kier alpha value is -6.85. The Kier molecular flexibility index (Phi) is 14.4. The number of aromatic nitrogens is 1. The lowest BCUT2D eigenvalue weighted by Gasteiger charge is -2.40. The highest BCUT2D eigenvalue weighted by Crippen LogP contribution is 2.27. The highest BCUT2D eigenvalue weighted by Gasteiger charge is 2.45. The molecule has 3 fully saturated rings. The van der Waals surface area contributed by atoms with Crippen molar-refractivity contribution < 1.29 is 48.2 Å². The third-order valence-electron chi connectivity index (χ3n) is 11.8. The number of piperidine rings is 1. The van der Waals surface area contributed by atoms with Crippen molar-refractivity contribution in [3.8, 4) is 5.75 Å². The molecule has 4 N–H and O–H groups in total. The fraction of sp³-hybridized carbons (Fsp3) is 0.444. The van der Waals surface area contributed by atoms with Crippen molar-refractivity contribution in [2.24, 2.45) is 0 Å². The number of fused-ring (bicyclic) bond motifs is 2. The second-order valence-corrected chi connectivity index (χ2v) is 16.2. The van der Waals surface area contributed by atoms with Gasteiger partial charge in [0, 0.05) is 65.4 Å². The van der Waals surface area contributed by atoms with Crippen LogP contribution >= 0.6 is 0 Å². The van der Waals surface area contributed by atoms with Crippen LogP contribution in [-0.2, 0) is 44.7 Å². The highest BCUT2D eigenvalue weighted by molar-refractivity contribution is 6.01. The minimum atomic E-state index is -1.68. The third kappa shape index (κ3) is 10.3. The first-order valence-corrected chi connectivity index (χ1v) is 21.1. The Labute approximate surface area is 365 Å². The van der Waals surface area contributed by atoms with Gasteiger partial charge in [-0.15, -0.1) is 0 Å². The Balaban J connectivity index is 1.44. The largest absolute Gasteiger partial charge is 0.505 e. The molecule has 3 aliphatic heterocycles. The van der Waals surface area contributed by atoms with E-state index in [-0.39, 0.29) is 56.5 Å². The molecule has 1 aromatic heterocycles. The number of esters is 1. The van der Waals surface area contributed by atoms with E-state index in [9.17, 15) is 43.5 Å². The Bertz CT molecular complexity index is 2220. The molecule has 6 rings (SSSR count). The molecule has 7 atom stereocenters. The number of Topliss-reactive ketones (excluding diaryl/α,β-unsaturated/α-hetero) is 1. The topological polar surface area (TPSA) is 228 Å². The van der Waals surface area contributed by atoms with Gasteiger partial charge in [-0.05, 0) is 61.6 Å². The van der Waals surface area contributed by atoms with E-state index >= 15 is 0 Å². The zero-order valence-electron chi connectivity index (χ0n) is 36.0. The number of hydrogen-bond donors (Lipinski definition) is 4. The molecule has 0 spiro atoms. The van der Waals surface area contributed by atoms with E-state index in [1.807, 2.05) is 43.3 Å². The lowest BCUT2D eigenvalue weighted by Crippen LogP contribution is -2.61. The molecule has 3 aromatic rings. The number of likely N-dealkylation sites (N-methyl/N-ethyl adjacent to an activating group) is 1. The van der Waals surface area contributed by atoms with E-state index in [1.54, 1.807) is 37.3 Å². The smallest absolute Gasteiger partial charge is 0.333 e. The zero-order valence-corrected chi connectivity index (χ0v) is 36.0. The van der Waals surface area contributed by atoms with Crippen LogP contribution in [0.15, 0.2) is 72.9 Å². The Morgan fingerprint density at radius 2 is 1.57 bits per heavy atom. The molecule has 4 heterocycles. The number of nitrogens with one attached hydrogen (secondary N) is 3. The Morgan fingerprint density at radius 1 is 0.873 bits per heavy atom. The molecule has 0 aliphatic carbocycles. The summed E-state index contributed by atoms with van der Waals surface area (Å²) < 4.78 is 5.85. The van der Waals surface area contributed by atoms with Crippen LogP contribution < -0.4 is 20.9 Å². The average Bonchev–Trinajstić information content (AvgIpc) is 3.77. The summed E-state index contributed by atoms with van der Waals surface area (Å²) >= 11 is 0. The first-order chi connectivity index (χ1) is 30.1. The number of amides is 6. The number of ether oxygens (including phenoxy) is 1. The summed E-state index contributed by atoms with van der Waals surface area (Å²) in [6.07, 6.45) is 0.175. The molecule has 3 saturated heterocycles. The molecule has 2 aromatic carbocycles. The van der Waals surface area contributed by atoms with Gasteiger partial charge in [-0.3, -0.25) is 33.6 Å². The van der Waals surface area contributed by atoms with E-state index < -0.39 is 95.2 Å². The van der Waals surface area contributed by atoms with Crippen LogP contribution in [-0.4, -0.2) is 143 Å². The van der Waals surface area contributed by atoms with Gasteiger partial charge in [0.15, 0.2) is 11.7 Å². The monoisotopic (exact) mass is 866 g/mol.